The predicted molar refractivity (Wildman–Crippen MR) is 106 cm³/mol. The summed E-state index contributed by atoms with van der Waals surface area (Å²) in [5, 5.41) is 3.02. The molecule has 0 spiro atoms. The second-order valence-corrected chi connectivity index (χ2v) is 7.43. The molecule has 144 valence electrons. The van der Waals surface area contributed by atoms with Gasteiger partial charge in [0.25, 0.3) is 0 Å². The van der Waals surface area contributed by atoms with Crippen LogP contribution in [0.5, 0.6) is 5.75 Å². The van der Waals surface area contributed by atoms with Crippen molar-refractivity contribution in [2.45, 2.75) is 31.1 Å². The number of ether oxygens (including phenoxy) is 1. The van der Waals surface area contributed by atoms with E-state index in [4.69, 9.17) is 4.74 Å². The molecule has 1 saturated carbocycles. The van der Waals surface area contributed by atoms with Gasteiger partial charge in [-0.2, -0.15) is 0 Å². The van der Waals surface area contributed by atoms with Crippen molar-refractivity contribution in [3.8, 4) is 5.75 Å². The van der Waals surface area contributed by atoms with Gasteiger partial charge in [0.1, 0.15) is 18.2 Å². The van der Waals surface area contributed by atoms with Crippen molar-refractivity contribution in [2.24, 2.45) is 0 Å². The molecule has 4 nitrogen and oxygen atoms in total. The first kappa shape index (κ1) is 19.4. The lowest BCUT2D eigenvalue weighted by atomic mass is 9.78. The van der Waals surface area contributed by atoms with Crippen molar-refractivity contribution in [1.82, 2.24) is 4.90 Å². The number of anilines is 1. The van der Waals surface area contributed by atoms with E-state index in [0.717, 1.165) is 49.2 Å². The summed E-state index contributed by atoms with van der Waals surface area (Å²) in [6.07, 6.45) is 3.44. The van der Waals surface area contributed by atoms with Gasteiger partial charge in [0.05, 0.1) is 5.41 Å². The number of benzene rings is 2. The SMILES string of the molecule is CN(C)CCOc1ccc(NC(=O)C2(c3cccc(F)c3)CCCC2)cc1. The third-order valence-corrected chi connectivity index (χ3v) is 5.19. The van der Waals surface area contributed by atoms with Gasteiger partial charge in [-0.25, -0.2) is 4.39 Å². The van der Waals surface area contributed by atoms with E-state index in [-0.39, 0.29) is 11.7 Å². The molecule has 0 aliphatic heterocycles. The van der Waals surface area contributed by atoms with E-state index in [9.17, 15) is 9.18 Å². The molecule has 1 amide bonds. The number of nitrogens with one attached hydrogen (secondary N) is 1. The molecular formula is C22H27FN2O2. The molecule has 2 aromatic carbocycles. The first-order valence-electron chi connectivity index (χ1n) is 9.45. The van der Waals surface area contributed by atoms with Crippen LogP contribution in [0.25, 0.3) is 0 Å². The molecule has 3 rings (SSSR count). The summed E-state index contributed by atoms with van der Waals surface area (Å²) >= 11 is 0. The Hall–Kier alpha value is -2.40. The molecule has 0 unspecified atom stereocenters. The number of carbonyl (C=O) groups excluding carboxylic acids is 1. The van der Waals surface area contributed by atoms with Gasteiger partial charge in [0.2, 0.25) is 5.91 Å². The third kappa shape index (κ3) is 4.66. The normalized spacial score (nSPS) is 15.7. The second-order valence-electron chi connectivity index (χ2n) is 7.43. The average Bonchev–Trinajstić information content (AvgIpc) is 3.14. The zero-order valence-electron chi connectivity index (χ0n) is 16.0. The Kier molecular flexibility index (Phi) is 6.11. The smallest absolute Gasteiger partial charge is 0.235 e. The molecule has 27 heavy (non-hydrogen) atoms. The van der Waals surface area contributed by atoms with Crippen molar-refractivity contribution in [2.75, 3.05) is 32.6 Å². The maximum absolute atomic E-state index is 13.7. The van der Waals surface area contributed by atoms with Crippen LogP contribution < -0.4 is 10.1 Å². The maximum atomic E-state index is 13.7. The largest absolute Gasteiger partial charge is 0.492 e. The highest BCUT2D eigenvalue weighted by Crippen LogP contribution is 2.42. The first-order chi connectivity index (χ1) is 13.0. The standard InChI is InChI=1S/C22H27FN2O2/c1-25(2)14-15-27-20-10-8-19(9-11-20)24-21(26)22(12-3-4-13-22)17-6-5-7-18(23)16-17/h5-11,16H,3-4,12-15H2,1-2H3,(H,24,26). The molecule has 0 radical (unpaired) electrons. The topological polar surface area (TPSA) is 41.6 Å². The summed E-state index contributed by atoms with van der Waals surface area (Å²) in [4.78, 5) is 15.2. The summed E-state index contributed by atoms with van der Waals surface area (Å²) < 4.78 is 19.4. The molecule has 2 aromatic rings. The van der Waals surface area contributed by atoms with E-state index in [1.165, 1.54) is 12.1 Å². The third-order valence-electron chi connectivity index (χ3n) is 5.19. The highest BCUT2D eigenvalue weighted by Gasteiger charge is 2.42. The Morgan fingerprint density at radius 2 is 1.85 bits per heavy atom. The van der Waals surface area contributed by atoms with Crippen LogP contribution in [0.1, 0.15) is 31.2 Å². The number of carbonyl (C=O) groups is 1. The van der Waals surface area contributed by atoms with Crippen LogP contribution in [-0.2, 0) is 10.2 Å². The number of hydrogen-bond donors (Lipinski definition) is 1. The van der Waals surface area contributed by atoms with E-state index in [0.29, 0.717) is 6.61 Å². The lowest BCUT2D eigenvalue weighted by Crippen LogP contribution is -2.38. The molecule has 1 N–H and O–H groups in total. The van der Waals surface area contributed by atoms with Gasteiger partial charge in [-0.15, -0.1) is 0 Å². The fourth-order valence-electron chi connectivity index (χ4n) is 3.64. The molecule has 1 aliphatic rings. The highest BCUT2D eigenvalue weighted by atomic mass is 19.1. The lowest BCUT2D eigenvalue weighted by molar-refractivity contribution is -0.121. The molecule has 0 heterocycles. The molecule has 5 heteroatoms. The molecule has 0 saturated heterocycles. The first-order valence-corrected chi connectivity index (χ1v) is 9.45. The van der Waals surface area contributed by atoms with Crippen LogP contribution in [-0.4, -0.2) is 38.1 Å². The van der Waals surface area contributed by atoms with Crippen LogP contribution in [0, 0.1) is 5.82 Å². The van der Waals surface area contributed by atoms with E-state index < -0.39 is 5.41 Å². The number of likely N-dealkylation sites (N-methyl/N-ethyl adjacent to an activating group) is 1. The highest BCUT2D eigenvalue weighted by molar-refractivity contribution is 5.99. The molecule has 1 fully saturated rings. The van der Waals surface area contributed by atoms with Crippen LogP contribution in [0.2, 0.25) is 0 Å². The predicted octanol–water partition coefficient (Wildman–Crippen LogP) is 4.22. The molecule has 0 aromatic heterocycles. The zero-order chi connectivity index (χ0) is 19.3. The minimum atomic E-state index is -0.650. The van der Waals surface area contributed by atoms with Gasteiger partial charge < -0.3 is 15.0 Å². The molecule has 1 aliphatic carbocycles. The summed E-state index contributed by atoms with van der Waals surface area (Å²) in [5.41, 5.74) is 0.840. The van der Waals surface area contributed by atoms with Gasteiger partial charge in [0, 0.05) is 12.2 Å². The minimum Gasteiger partial charge on any atom is -0.492 e. The summed E-state index contributed by atoms with van der Waals surface area (Å²) in [7, 11) is 4.00. The summed E-state index contributed by atoms with van der Waals surface area (Å²) in [6, 6.07) is 13.8. The van der Waals surface area contributed by atoms with Gasteiger partial charge >= 0.3 is 0 Å². The number of rotatable bonds is 7. The van der Waals surface area contributed by atoms with E-state index >= 15 is 0 Å². The van der Waals surface area contributed by atoms with Crippen LogP contribution in [0.3, 0.4) is 0 Å². The zero-order valence-corrected chi connectivity index (χ0v) is 16.0. The Bertz CT molecular complexity index is 768. The fourth-order valence-corrected chi connectivity index (χ4v) is 3.64. The van der Waals surface area contributed by atoms with Crippen LogP contribution >= 0.6 is 0 Å². The molecule has 0 bridgehead atoms. The van der Waals surface area contributed by atoms with Gasteiger partial charge in [-0.3, -0.25) is 4.79 Å². The molecular weight excluding hydrogens is 343 g/mol. The van der Waals surface area contributed by atoms with E-state index in [1.807, 2.05) is 44.4 Å². The van der Waals surface area contributed by atoms with E-state index in [2.05, 4.69) is 10.2 Å². The second kappa shape index (κ2) is 8.53. The van der Waals surface area contributed by atoms with E-state index in [1.54, 1.807) is 6.07 Å². The Morgan fingerprint density at radius 1 is 1.15 bits per heavy atom. The fraction of sp³-hybridized carbons (Fsp3) is 0.409. The quantitative estimate of drug-likeness (QED) is 0.794. The maximum Gasteiger partial charge on any atom is 0.235 e. The van der Waals surface area contributed by atoms with Crippen molar-refractivity contribution in [1.29, 1.82) is 0 Å². The van der Waals surface area contributed by atoms with Crippen molar-refractivity contribution in [3.63, 3.8) is 0 Å². The van der Waals surface area contributed by atoms with Crippen LogP contribution in [0.4, 0.5) is 10.1 Å². The lowest BCUT2D eigenvalue weighted by Gasteiger charge is -2.28. The van der Waals surface area contributed by atoms with Crippen molar-refractivity contribution >= 4 is 11.6 Å². The van der Waals surface area contributed by atoms with Crippen LogP contribution in [0.15, 0.2) is 48.5 Å². The Morgan fingerprint density at radius 3 is 2.48 bits per heavy atom. The molecule has 0 atom stereocenters. The van der Waals surface area contributed by atoms with Gasteiger partial charge in [0.15, 0.2) is 0 Å². The average molecular weight is 370 g/mol. The summed E-state index contributed by atoms with van der Waals surface area (Å²) in [6.45, 7) is 1.45. The Labute approximate surface area is 160 Å². The minimum absolute atomic E-state index is 0.0631. The van der Waals surface area contributed by atoms with Gasteiger partial charge in [-0.05, 0) is 68.9 Å². The number of nitrogens with zero attached hydrogens (tertiary/aromatic N) is 1. The monoisotopic (exact) mass is 370 g/mol. The van der Waals surface area contributed by atoms with Gasteiger partial charge in [-0.1, -0.05) is 25.0 Å². The number of halogens is 1. The van der Waals surface area contributed by atoms with Crippen molar-refractivity contribution < 1.29 is 13.9 Å². The Balaban J connectivity index is 1.69. The number of amides is 1. The van der Waals surface area contributed by atoms with Crippen molar-refractivity contribution in [3.05, 3.63) is 59.9 Å². The number of hydrogen-bond acceptors (Lipinski definition) is 3. The summed E-state index contributed by atoms with van der Waals surface area (Å²) in [5.74, 6) is 0.410.